The van der Waals surface area contributed by atoms with E-state index in [0.29, 0.717) is 13.0 Å². The van der Waals surface area contributed by atoms with E-state index >= 15 is 0 Å². The highest BCUT2D eigenvalue weighted by Gasteiger charge is 2.28. The Morgan fingerprint density at radius 2 is 2.04 bits per heavy atom. The molecule has 1 heterocycles. The topological polar surface area (TPSA) is 49.4 Å². The lowest BCUT2D eigenvalue weighted by Gasteiger charge is -2.17. The van der Waals surface area contributed by atoms with Crippen LogP contribution in [0, 0.1) is 0 Å². The van der Waals surface area contributed by atoms with Crippen molar-refractivity contribution in [1.29, 1.82) is 0 Å². The first-order valence-corrected chi connectivity index (χ1v) is 8.38. The molecule has 118 valence electrons. The Balaban J connectivity index is 1.82. The van der Waals surface area contributed by atoms with Gasteiger partial charge in [0.05, 0.1) is 12.2 Å². The monoisotopic (exact) mass is 372 g/mol. The lowest BCUT2D eigenvalue weighted by molar-refractivity contribution is -0.116. The second kappa shape index (κ2) is 6.54. The number of fused-ring (bicyclic) bond motifs is 1. The first-order chi connectivity index (χ1) is 11.1. The zero-order valence-corrected chi connectivity index (χ0v) is 14.4. The van der Waals surface area contributed by atoms with Crippen molar-refractivity contribution in [2.75, 3.05) is 10.2 Å². The Morgan fingerprint density at radius 3 is 2.74 bits per heavy atom. The fourth-order valence-electron chi connectivity index (χ4n) is 2.68. The lowest BCUT2D eigenvalue weighted by Crippen LogP contribution is -2.23. The molecule has 5 heteroatoms. The normalized spacial score (nSPS) is 13.1. The fraction of sp³-hybridized carbons (Fsp3) is 0.222. The average Bonchev–Trinajstić information content (AvgIpc) is 2.87. The van der Waals surface area contributed by atoms with Crippen molar-refractivity contribution in [1.82, 2.24) is 0 Å². The Bertz CT molecular complexity index is 773. The van der Waals surface area contributed by atoms with Crippen molar-refractivity contribution in [3.05, 3.63) is 58.1 Å². The minimum absolute atomic E-state index is 0.00870. The zero-order chi connectivity index (χ0) is 16.4. The molecular formula is C18H17BrN2O2. The van der Waals surface area contributed by atoms with Gasteiger partial charge < -0.3 is 10.2 Å². The van der Waals surface area contributed by atoms with E-state index in [2.05, 4.69) is 21.2 Å². The smallest absolute Gasteiger partial charge is 0.258 e. The Kier molecular flexibility index (Phi) is 4.48. The number of amides is 2. The fourth-order valence-corrected chi connectivity index (χ4v) is 3.14. The van der Waals surface area contributed by atoms with E-state index in [9.17, 15) is 9.59 Å². The largest absolute Gasteiger partial charge is 0.325 e. The molecule has 4 nitrogen and oxygen atoms in total. The molecule has 0 fully saturated rings. The summed E-state index contributed by atoms with van der Waals surface area (Å²) in [6, 6.07) is 13.2. The van der Waals surface area contributed by atoms with Crippen LogP contribution in [0.1, 0.15) is 35.7 Å². The predicted molar refractivity (Wildman–Crippen MR) is 94.6 cm³/mol. The molecule has 0 unspecified atom stereocenters. The Morgan fingerprint density at radius 1 is 1.26 bits per heavy atom. The lowest BCUT2D eigenvalue weighted by atomic mass is 10.1. The third kappa shape index (κ3) is 3.15. The van der Waals surface area contributed by atoms with E-state index in [1.165, 1.54) is 0 Å². The van der Waals surface area contributed by atoms with Crippen molar-refractivity contribution < 1.29 is 9.59 Å². The summed E-state index contributed by atoms with van der Waals surface area (Å²) in [6.45, 7) is 2.54. The molecule has 1 aliphatic rings. The maximum Gasteiger partial charge on any atom is 0.258 e. The molecule has 1 N–H and O–H groups in total. The van der Waals surface area contributed by atoms with Crippen LogP contribution in [0.3, 0.4) is 0 Å². The van der Waals surface area contributed by atoms with Gasteiger partial charge in [0.2, 0.25) is 5.91 Å². The minimum Gasteiger partial charge on any atom is -0.325 e. The number of carbonyl (C=O) groups excluding carboxylic acids is 2. The van der Waals surface area contributed by atoms with Gasteiger partial charge in [-0.2, -0.15) is 0 Å². The first kappa shape index (κ1) is 15.7. The van der Waals surface area contributed by atoms with Gasteiger partial charge in [-0.05, 0) is 52.2 Å². The van der Waals surface area contributed by atoms with Crippen LogP contribution in [-0.2, 0) is 11.3 Å². The van der Waals surface area contributed by atoms with Crippen LogP contribution in [0.25, 0.3) is 0 Å². The van der Waals surface area contributed by atoms with E-state index in [1.54, 1.807) is 4.90 Å². The molecule has 0 spiro atoms. The number of anilines is 2. The molecule has 2 amide bonds. The van der Waals surface area contributed by atoms with E-state index in [-0.39, 0.29) is 11.8 Å². The van der Waals surface area contributed by atoms with Crippen LogP contribution < -0.4 is 10.2 Å². The number of nitrogens with zero attached hydrogens (tertiary/aromatic N) is 1. The maximum atomic E-state index is 12.5. The van der Waals surface area contributed by atoms with Gasteiger partial charge >= 0.3 is 0 Å². The molecule has 0 aliphatic carbocycles. The van der Waals surface area contributed by atoms with Gasteiger partial charge in [-0.1, -0.05) is 25.1 Å². The SMILES string of the molecule is CCCC(=O)Nc1ccc(N2Cc3ccccc3C2=O)cc1Br. The Hall–Kier alpha value is -2.14. The number of hydrogen-bond acceptors (Lipinski definition) is 2. The third-order valence-corrected chi connectivity index (χ3v) is 4.49. The van der Waals surface area contributed by atoms with E-state index in [1.807, 2.05) is 49.4 Å². The number of hydrogen-bond donors (Lipinski definition) is 1. The van der Waals surface area contributed by atoms with Crippen molar-refractivity contribution in [3.8, 4) is 0 Å². The first-order valence-electron chi connectivity index (χ1n) is 7.59. The number of halogens is 1. The standard InChI is InChI=1S/C18H17BrN2O2/c1-2-5-17(22)20-16-9-8-13(10-15(16)19)21-11-12-6-3-4-7-14(12)18(21)23/h3-4,6-10H,2,5,11H2,1H3,(H,20,22). The number of benzene rings is 2. The summed E-state index contributed by atoms with van der Waals surface area (Å²) in [5.41, 5.74) is 3.32. The zero-order valence-electron chi connectivity index (χ0n) is 12.8. The summed E-state index contributed by atoms with van der Waals surface area (Å²) in [7, 11) is 0. The summed E-state index contributed by atoms with van der Waals surface area (Å²) < 4.78 is 0.767. The van der Waals surface area contributed by atoms with Crippen LogP contribution in [0.4, 0.5) is 11.4 Å². The number of carbonyl (C=O) groups is 2. The van der Waals surface area contributed by atoms with Gasteiger partial charge in [0.1, 0.15) is 0 Å². The molecule has 1 aliphatic heterocycles. The molecule has 2 aromatic rings. The van der Waals surface area contributed by atoms with Crippen LogP contribution in [0.15, 0.2) is 46.9 Å². The summed E-state index contributed by atoms with van der Waals surface area (Å²) in [5, 5.41) is 2.87. The molecule has 0 saturated carbocycles. The number of nitrogens with one attached hydrogen (secondary N) is 1. The van der Waals surface area contributed by atoms with Crippen molar-refractivity contribution >= 4 is 39.1 Å². The van der Waals surface area contributed by atoms with Crippen molar-refractivity contribution in [2.45, 2.75) is 26.3 Å². The molecular weight excluding hydrogens is 356 g/mol. The Labute approximate surface area is 143 Å². The van der Waals surface area contributed by atoms with Crippen LogP contribution >= 0.6 is 15.9 Å². The van der Waals surface area contributed by atoms with E-state index in [4.69, 9.17) is 0 Å². The van der Waals surface area contributed by atoms with Gasteiger partial charge in [-0.3, -0.25) is 9.59 Å². The summed E-state index contributed by atoms with van der Waals surface area (Å²) in [6.07, 6.45) is 1.30. The van der Waals surface area contributed by atoms with E-state index < -0.39 is 0 Å². The van der Waals surface area contributed by atoms with Gasteiger partial charge in [-0.15, -0.1) is 0 Å². The van der Waals surface area contributed by atoms with Crippen LogP contribution in [0.5, 0.6) is 0 Å². The van der Waals surface area contributed by atoms with Gasteiger partial charge in [0.25, 0.3) is 5.91 Å². The highest BCUT2D eigenvalue weighted by atomic mass is 79.9. The summed E-state index contributed by atoms with van der Waals surface area (Å²) in [5.74, 6) is 0.000808. The molecule has 0 saturated heterocycles. The van der Waals surface area contributed by atoms with Gasteiger partial charge in [-0.25, -0.2) is 0 Å². The second-order valence-corrected chi connectivity index (χ2v) is 6.37. The van der Waals surface area contributed by atoms with Crippen molar-refractivity contribution in [2.24, 2.45) is 0 Å². The van der Waals surface area contributed by atoms with Crippen LogP contribution in [0.2, 0.25) is 0 Å². The summed E-state index contributed by atoms with van der Waals surface area (Å²) >= 11 is 3.48. The molecule has 0 atom stereocenters. The molecule has 0 radical (unpaired) electrons. The molecule has 23 heavy (non-hydrogen) atoms. The van der Waals surface area contributed by atoms with Crippen molar-refractivity contribution in [3.63, 3.8) is 0 Å². The van der Waals surface area contributed by atoms with E-state index in [0.717, 1.165) is 33.4 Å². The minimum atomic E-state index is -0.00870. The van der Waals surface area contributed by atoms with Gasteiger partial charge in [0.15, 0.2) is 0 Å². The molecule has 3 rings (SSSR count). The quantitative estimate of drug-likeness (QED) is 0.867. The highest BCUT2D eigenvalue weighted by Crippen LogP contribution is 2.33. The summed E-state index contributed by atoms with van der Waals surface area (Å²) in [4.78, 5) is 26.0. The molecule has 0 aromatic heterocycles. The second-order valence-electron chi connectivity index (χ2n) is 5.51. The average molecular weight is 373 g/mol. The third-order valence-electron chi connectivity index (χ3n) is 3.84. The number of rotatable bonds is 4. The van der Waals surface area contributed by atoms with Gasteiger partial charge in [0, 0.05) is 22.1 Å². The highest BCUT2D eigenvalue weighted by molar-refractivity contribution is 9.10. The maximum absolute atomic E-state index is 12.5. The molecule has 0 bridgehead atoms. The molecule has 2 aromatic carbocycles. The predicted octanol–water partition coefficient (Wildman–Crippen LogP) is 4.35. The van der Waals surface area contributed by atoms with Crippen LogP contribution in [-0.4, -0.2) is 11.8 Å².